The van der Waals surface area contributed by atoms with Gasteiger partial charge in [-0.1, -0.05) is 96.6 Å². The van der Waals surface area contributed by atoms with Gasteiger partial charge in [0, 0.05) is 0 Å². The second-order valence-electron chi connectivity index (χ2n) is 11.1. The highest BCUT2D eigenvalue weighted by Crippen LogP contribution is 2.43. The zero-order valence-corrected chi connectivity index (χ0v) is 21.5. The molecule has 0 amide bonds. The third kappa shape index (κ3) is 9.11. The van der Waals surface area contributed by atoms with E-state index < -0.39 is 0 Å². The first-order valence-electron chi connectivity index (χ1n) is 14.5. The van der Waals surface area contributed by atoms with Crippen LogP contribution in [0.1, 0.15) is 129 Å². The standard InChI is InChI=1S/C31H52O/c1-3-5-7-8-9-25-32-31-23-17-28(18-24-31)12-11-27-15-21-30(22-16-27)29-19-13-26(14-20-29)10-6-4-2/h17-18,23-24,26-27,29-30H,3-16,19-22,25H2,1-2H3. The predicted octanol–water partition coefficient (Wildman–Crippen LogP) is 9.77. The van der Waals surface area contributed by atoms with E-state index in [2.05, 4.69) is 38.1 Å². The molecule has 32 heavy (non-hydrogen) atoms. The molecule has 0 saturated heterocycles. The molecule has 2 fully saturated rings. The zero-order valence-electron chi connectivity index (χ0n) is 21.5. The molecular formula is C31H52O. The molecule has 0 bridgehead atoms. The van der Waals surface area contributed by atoms with E-state index in [9.17, 15) is 0 Å². The van der Waals surface area contributed by atoms with E-state index in [4.69, 9.17) is 4.74 Å². The molecule has 1 nitrogen and oxygen atoms in total. The van der Waals surface area contributed by atoms with Crippen LogP contribution in [0.2, 0.25) is 0 Å². The Balaban J connectivity index is 1.26. The van der Waals surface area contributed by atoms with Crippen LogP contribution in [-0.4, -0.2) is 6.61 Å². The average molecular weight is 441 g/mol. The first-order chi connectivity index (χ1) is 15.8. The Morgan fingerprint density at radius 2 is 1.19 bits per heavy atom. The Morgan fingerprint density at radius 1 is 0.625 bits per heavy atom. The van der Waals surface area contributed by atoms with Crippen LogP contribution in [0.5, 0.6) is 5.75 Å². The molecule has 182 valence electrons. The summed E-state index contributed by atoms with van der Waals surface area (Å²) in [6.07, 6.45) is 25.6. The molecule has 0 radical (unpaired) electrons. The molecule has 1 heteroatoms. The lowest BCUT2D eigenvalue weighted by Crippen LogP contribution is -2.26. The van der Waals surface area contributed by atoms with Crippen molar-refractivity contribution >= 4 is 0 Å². The summed E-state index contributed by atoms with van der Waals surface area (Å²) in [7, 11) is 0. The molecule has 0 spiro atoms. The fraction of sp³-hybridized carbons (Fsp3) is 0.806. The van der Waals surface area contributed by atoms with Crippen LogP contribution >= 0.6 is 0 Å². The van der Waals surface area contributed by atoms with Crippen molar-refractivity contribution in [2.24, 2.45) is 23.7 Å². The summed E-state index contributed by atoms with van der Waals surface area (Å²) in [5.41, 5.74) is 1.49. The molecule has 2 aliphatic rings. The molecule has 0 N–H and O–H groups in total. The van der Waals surface area contributed by atoms with E-state index in [1.807, 2.05) is 0 Å². The minimum Gasteiger partial charge on any atom is -0.494 e. The SMILES string of the molecule is CCCCCCCOc1ccc(CCC2CCC(C3CCC(CCCC)CC3)CC2)cc1. The number of hydrogen-bond acceptors (Lipinski definition) is 1. The van der Waals surface area contributed by atoms with Crippen molar-refractivity contribution in [3.63, 3.8) is 0 Å². The van der Waals surface area contributed by atoms with Crippen molar-refractivity contribution in [1.29, 1.82) is 0 Å². The number of aryl methyl sites for hydroxylation is 1. The third-order valence-electron chi connectivity index (χ3n) is 8.70. The fourth-order valence-corrected chi connectivity index (χ4v) is 6.41. The van der Waals surface area contributed by atoms with E-state index in [0.29, 0.717) is 0 Å². The van der Waals surface area contributed by atoms with E-state index in [0.717, 1.165) is 36.0 Å². The topological polar surface area (TPSA) is 9.23 Å². The Morgan fingerprint density at radius 3 is 1.78 bits per heavy atom. The summed E-state index contributed by atoms with van der Waals surface area (Å²) in [4.78, 5) is 0. The molecule has 2 aliphatic carbocycles. The van der Waals surface area contributed by atoms with Gasteiger partial charge in [0.2, 0.25) is 0 Å². The maximum atomic E-state index is 5.93. The van der Waals surface area contributed by atoms with E-state index in [-0.39, 0.29) is 0 Å². The molecule has 1 aromatic carbocycles. The Bertz CT molecular complexity index is 575. The van der Waals surface area contributed by atoms with E-state index >= 15 is 0 Å². The minimum atomic E-state index is 0.868. The zero-order chi connectivity index (χ0) is 22.4. The van der Waals surface area contributed by atoms with Crippen molar-refractivity contribution in [1.82, 2.24) is 0 Å². The average Bonchev–Trinajstić information content (AvgIpc) is 2.85. The molecule has 3 rings (SSSR count). The van der Waals surface area contributed by atoms with Crippen molar-refractivity contribution in [2.45, 2.75) is 129 Å². The Labute approximate surface area is 200 Å². The molecule has 1 aromatic rings. The molecule has 0 aliphatic heterocycles. The molecule has 0 heterocycles. The highest BCUT2D eigenvalue weighted by molar-refractivity contribution is 5.27. The van der Waals surface area contributed by atoms with Gasteiger partial charge < -0.3 is 4.74 Å². The molecule has 0 aromatic heterocycles. The van der Waals surface area contributed by atoms with Crippen LogP contribution in [0.3, 0.4) is 0 Å². The van der Waals surface area contributed by atoms with Crippen LogP contribution in [-0.2, 0) is 6.42 Å². The highest BCUT2D eigenvalue weighted by atomic mass is 16.5. The number of hydrogen-bond donors (Lipinski definition) is 0. The van der Waals surface area contributed by atoms with Crippen LogP contribution in [0.15, 0.2) is 24.3 Å². The molecule has 0 atom stereocenters. The van der Waals surface area contributed by atoms with Crippen LogP contribution < -0.4 is 4.74 Å². The number of unbranched alkanes of at least 4 members (excludes halogenated alkanes) is 5. The lowest BCUT2D eigenvalue weighted by Gasteiger charge is -2.38. The monoisotopic (exact) mass is 440 g/mol. The van der Waals surface area contributed by atoms with Gasteiger partial charge in [0.15, 0.2) is 0 Å². The van der Waals surface area contributed by atoms with Gasteiger partial charge in [-0.05, 0) is 86.3 Å². The molecule has 0 unspecified atom stereocenters. The smallest absolute Gasteiger partial charge is 0.119 e. The Kier molecular flexibility index (Phi) is 12.0. The molecule has 2 saturated carbocycles. The minimum absolute atomic E-state index is 0.868. The summed E-state index contributed by atoms with van der Waals surface area (Å²) in [6.45, 7) is 5.47. The van der Waals surface area contributed by atoms with Gasteiger partial charge in [0.25, 0.3) is 0 Å². The first kappa shape index (κ1) is 25.6. The van der Waals surface area contributed by atoms with E-state index in [1.165, 1.54) is 121 Å². The maximum Gasteiger partial charge on any atom is 0.119 e. The normalized spacial score (nSPS) is 26.2. The van der Waals surface area contributed by atoms with Gasteiger partial charge in [0.1, 0.15) is 5.75 Å². The van der Waals surface area contributed by atoms with Crippen molar-refractivity contribution in [3.8, 4) is 5.75 Å². The van der Waals surface area contributed by atoms with Gasteiger partial charge in [-0.15, -0.1) is 0 Å². The summed E-state index contributed by atoms with van der Waals surface area (Å²) in [5.74, 6) is 5.19. The van der Waals surface area contributed by atoms with Gasteiger partial charge >= 0.3 is 0 Å². The second kappa shape index (κ2) is 15.0. The van der Waals surface area contributed by atoms with Crippen LogP contribution in [0, 0.1) is 23.7 Å². The van der Waals surface area contributed by atoms with Crippen molar-refractivity contribution < 1.29 is 4.74 Å². The largest absolute Gasteiger partial charge is 0.494 e. The fourth-order valence-electron chi connectivity index (χ4n) is 6.41. The van der Waals surface area contributed by atoms with Gasteiger partial charge in [-0.2, -0.15) is 0 Å². The Hall–Kier alpha value is -0.980. The summed E-state index contributed by atoms with van der Waals surface area (Å²) in [6, 6.07) is 8.98. The van der Waals surface area contributed by atoms with Gasteiger partial charge in [-0.25, -0.2) is 0 Å². The number of rotatable bonds is 14. The lowest BCUT2D eigenvalue weighted by molar-refractivity contribution is 0.140. The van der Waals surface area contributed by atoms with Crippen molar-refractivity contribution in [2.75, 3.05) is 6.61 Å². The first-order valence-corrected chi connectivity index (χ1v) is 14.5. The van der Waals surface area contributed by atoms with Gasteiger partial charge in [0.05, 0.1) is 6.61 Å². The summed E-state index contributed by atoms with van der Waals surface area (Å²) in [5, 5.41) is 0. The maximum absolute atomic E-state index is 5.93. The quantitative estimate of drug-likeness (QED) is 0.261. The summed E-state index contributed by atoms with van der Waals surface area (Å²) < 4.78 is 5.93. The van der Waals surface area contributed by atoms with E-state index in [1.54, 1.807) is 0 Å². The number of ether oxygens (including phenoxy) is 1. The molecular weight excluding hydrogens is 388 g/mol. The van der Waals surface area contributed by atoms with Crippen LogP contribution in [0.4, 0.5) is 0 Å². The third-order valence-corrected chi connectivity index (χ3v) is 8.70. The number of benzene rings is 1. The lowest BCUT2D eigenvalue weighted by atomic mass is 9.68. The summed E-state index contributed by atoms with van der Waals surface area (Å²) >= 11 is 0. The highest BCUT2D eigenvalue weighted by Gasteiger charge is 2.30. The van der Waals surface area contributed by atoms with Crippen LogP contribution in [0.25, 0.3) is 0 Å². The van der Waals surface area contributed by atoms with Gasteiger partial charge in [-0.3, -0.25) is 0 Å². The van der Waals surface area contributed by atoms with Crippen molar-refractivity contribution in [3.05, 3.63) is 29.8 Å². The predicted molar refractivity (Wildman–Crippen MR) is 139 cm³/mol. The second-order valence-corrected chi connectivity index (χ2v) is 11.1.